The number of piperidine rings is 1. The molecule has 5 nitrogen and oxygen atoms in total. The van der Waals surface area contributed by atoms with Crippen LogP contribution in [0.15, 0.2) is 12.1 Å². The van der Waals surface area contributed by atoms with Crippen LogP contribution in [0, 0.1) is 21.7 Å². The molecule has 1 heterocycles. The molecule has 0 bridgehead atoms. The first kappa shape index (κ1) is 15.8. The second kappa shape index (κ2) is 7.42. The number of benzene rings is 1. The minimum atomic E-state index is -1.14. The zero-order valence-corrected chi connectivity index (χ0v) is 11.8. The lowest BCUT2D eigenvalue weighted by molar-refractivity contribution is -0.387. The van der Waals surface area contributed by atoms with Gasteiger partial charge in [-0.3, -0.25) is 10.1 Å². The number of nitrogens with zero attached hydrogens (tertiary/aromatic N) is 2. The van der Waals surface area contributed by atoms with Crippen LogP contribution in [0.4, 0.5) is 14.5 Å². The molecule has 1 aromatic carbocycles. The standard InChI is InChI=1S/C14H19F2N3O2/c15-12-9-13(16)14(19(20)21)8-11(12)10-17-4-7-18-5-2-1-3-6-18/h8-9,17H,1-7,10H2. The number of hydrogen-bond acceptors (Lipinski definition) is 4. The molecule has 0 spiro atoms. The molecule has 1 saturated heterocycles. The molecular formula is C14H19F2N3O2. The number of hydrogen-bond donors (Lipinski definition) is 1. The van der Waals surface area contributed by atoms with Gasteiger partial charge in [0.2, 0.25) is 5.82 Å². The van der Waals surface area contributed by atoms with E-state index in [0.29, 0.717) is 12.6 Å². The molecule has 1 fully saturated rings. The van der Waals surface area contributed by atoms with E-state index in [4.69, 9.17) is 0 Å². The highest BCUT2D eigenvalue weighted by Gasteiger charge is 2.18. The van der Waals surface area contributed by atoms with Gasteiger partial charge in [0.05, 0.1) is 4.92 Å². The van der Waals surface area contributed by atoms with Crippen LogP contribution in [0.5, 0.6) is 0 Å². The van der Waals surface area contributed by atoms with Crippen molar-refractivity contribution in [3.05, 3.63) is 39.4 Å². The van der Waals surface area contributed by atoms with Crippen molar-refractivity contribution < 1.29 is 13.7 Å². The summed E-state index contributed by atoms with van der Waals surface area (Å²) in [6, 6.07) is 1.53. The van der Waals surface area contributed by atoms with Crippen molar-refractivity contribution in [2.24, 2.45) is 0 Å². The number of nitro groups is 1. The molecule has 0 radical (unpaired) electrons. The molecule has 1 aromatic rings. The van der Waals surface area contributed by atoms with Gasteiger partial charge < -0.3 is 10.2 Å². The number of halogens is 2. The molecular weight excluding hydrogens is 280 g/mol. The molecule has 1 N–H and O–H groups in total. The number of nitrogens with one attached hydrogen (secondary N) is 1. The Morgan fingerprint density at radius 3 is 2.57 bits per heavy atom. The fourth-order valence-electron chi connectivity index (χ4n) is 2.50. The molecule has 116 valence electrons. The van der Waals surface area contributed by atoms with Gasteiger partial charge in [-0.25, -0.2) is 4.39 Å². The van der Waals surface area contributed by atoms with Crippen LogP contribution in [-0.4, -0.2) is 36.0 Å². The maximum absolute atomic E-state index is 13.6. The second-order valence-electron chi connectivity index (χ2n) is 5.23. The molecule has 0 unspecified atom stereocenters. The lowest BCUT2D eigenvalue weighted by atomic mass is 10.1. The Kier molecular flexibility index (Phi) is 5.58. The van der Waals surface area contributed by atoms with E-state index in [1.54, 1.807) is 0 Å². The first-order chi connectivity index (χ1) is 10.1. The highest BCUT2D eigenvalue weighted by Crippen LogP contribution is 2.21. The lowest BCUT2D eigenvalue weighted by Crippen LogP contribution is -2.35. The molecule has 2 rings (SSSR count). The van der Waals surface area contributed by atoms with Gasteiger partial charge in [0.1, 0.15) is 5.82 Å². The molecule has 1 aliphatic rings. The van der Waals surface area contributed by atoms with E-state index in [9.17, 15) is 18.9 Å². The summed E-state index contributed by atoms with van der Waals surface area (Å²) in [5, 5.41) is 13.7. The smallest absolute Gasteiger partial charge is 0.305 e. The first-order valence-electron chi connectivity index (χ1n) is 7.13. The normalized spacial score (nSPS) is 16.1. The number of rotatable bonds is 6. The lowest BCUT2D eigenvalue weighted by Gasteiger charge is -2.26. The van der Waals surface area contributed by atoms with Crippen molar-refractivity contribution in [1.82, 2.24) is 10.2 Å². The summed E-state index contributed by atoms with van der Waals surface area (Å²) in [5.74, 6) is -1.90. The summed E-state index contributed by atoms with van der Waals surface area (Å²) in [6.45, 7) is 3.85. The predicted molar refractivity (Wildman–Crippen MR) is 75.0 cm³/mol. The van der Waals surface area contributed by atoms with Crippen LogP contribution in [0.3, 0.4) is 0 Å². The van der Waals surface area contributed by atoms with Crippen LogP contribution >= 0.6 is 0 Å². The van der Waals surface area contributed by atoms with Gasteiger partial charge in [0.25, 0.3) is 0 Å². The highest BCUT2D eigenvalue weighted by atomic mass is 19.1. The number of nitro benzene ring substituents is 1. The largest absolute Gasteiger partial charge is 0.311 e. The fourth-order valence-corrected chi connectivity index (χ4v) is 2.50. The quantitative estimate of drug-likeness (QED) is 0.498. The molecule has 0 atom stereocenters. The minimum absolute atomic E-state index is 0.113. The fraction of sp³-hybridized carbons (Fsp3) is 0.571. The van der Waals surface area contributed by atoms with Crippen LogP contribution < -0.4 is 5.32 Å². The summed E-state index contributed by atoms with van der Waals surface area (Å²) in [4.78, 5) is 12.1. The van der Waals surface area contributed by atoms with Gasteiger partial charge in [-0.15, -0.1) is 0 Å². The van der Waals surface area contributed by atoms with Crippen molar-refractivity contribution in [2.45, 2.75) is 25.8 Å². The topological polar surface area (TPSA) is 58.4 Å². The predicted octanol–water partition coefficient (Wildman–Crippen LogP) is 2.45. The zero-order chi connectivity index (χ0) is 15.2. The van der Waals surface area contributed by atoms with Gasteiger partial charge in [0, 0.05) is 37.3 Å². The highest BCUT2D eigenvalue weighted by molar-refractivity contribution is 5.37. The summed E-state index contributed by atoms with van der Waals surface area (Å²) >= 11 is 0. The Labute approximate surface area is 122 Å². The molecule has 1 aliphatic heterocycles. The maximum atomic E-state index is 13.6. The minimum Gasteiger partial charge on any atom is -0.311 e. The average Bonchev–Trinajstić information content (AvgIpc) is 2.46. The third-order valence-corrected chi connectivity index (χ3v) is 3.68. The molecule has 21 heavy (non-hydrogen) atoms. The summed E-state index contributed by atoms with van der Waals surface area (Å²) in [7, 11) is 0. The number of likely N-dealkylation sites (tertiary alicyclic amines) is 1. The molecule has 7 heteroatoms. The van der Waals surface area contributed by atoms with Crippen molar-refractivity contribution in [3.8, 4) is 0 Å². The Hall–Kier alpha value is -1.60. The first-order valence-corrected chi connectivity index (χ1v) is 7.13. The van der Waals surface area contributed by atoms with Gasteiger partial charge in [-0.1, -0.05) is 6.42 Å². The Balaban J connectivity index is 1.85. The van der Waals surface area contributed by atoms with E-state index in [2.05, 4.69) is 10.2 Å². The third kappa shape index (κ3) is 4.44. The van der Waals surface area contributed by atoms with Crippen molar-refractivity contribution in [3.63, 3.8) is 0 Å². The van der Waals surface area contributed by atoms with Gasteiger partial charge in [-0.2, -0.15) is 4.39 Å². The monoisotopic (exact) mass is 299 g/mol. The summed E-state index contributed by atoms with van der Waals surface area (Å²) in [5.41, 5.74) is -0.578. The SMILES string of the molecule is O=[N+]([O-])c1cc(CNCCN2CCCCC2)c(F)cc1F. The van der Waals surface area contributed by atoms with Crippen molar-refractivity contribution in [2.75, 3.05) is 26.2 Å². The van der Waals surface area contributed by atoms with Gasteiger partial charge in [-0.05, 0) is 25.9 Å². The Morgan fingerprint density at radius 1 is 1.19 bits per heavy atom. The van der Waals surface area contributed by atoms with Crippen LogP contribution in [0.2, 0.25) is 0 Å². The Morgan fingerprint density at radius 2 is 1.90 bits per heavy atom. The van der Waals surface area contributed by atoms with Gasteiger partial charge in [0.15, 0.2) is 0 Å². The van der Waals surface area contributed by atoms with Crippen LogP contribution in [0.1, 0.15) is 24.8 Å². The maximum Gasteiger partial charge on any atom is 0.305 e. The van der Waals surface area contributed by atoms with E-state index in [1.807, 2.05) is 0 Å². The summed E-state index contributed by atoms with van der Waals surface area (Å²) < 4.78 is 26.8. The van der Waals surface area contributed by atoms with Crippen molar-refractivity contribution >= 4 is 5.69 Å². The van der Waals surface area contributed by atoms with Gasteiger partial charge >= 0.3 is 5.69 Å². The third-order valence-electron chi connectivity index (χ3n) is 3.68. The molecule has 0 amide bonds. The molecule has 0 aliphatic carbocycles. The van der Waals surface area contributed by atoms with E-state index in [1.165, 1.54) is 19.3 Å². The van der Waals surface area contributed by atoms with E-state index < -0.39 is 22.2 Å². The van der Waals surface area contributed by atoms with E-state index in [-0.39, 0.29) is 12.1 Å². The van der Waals surface area contributed by atoms with Crippen molar-refractivity contribution in [1.29, 1.82) is 0 Å². The molecule has 0 aromatic heterocycles. The van der Waals surface area contributed by atoms with Crippen LogP contribution in [0.25, 0.3) is 0 Å². The second-order valence-corrected chi connectivity index (χ2v) is 5.23. The molecule has 0 saturated carbocycles. The summed E-state index contributed by atoms with van der Waals surface area (Å²) in [6.07, 6.45) is 3.69. The van der Waals surface area contributed by atoms with E-state index >= 15 is 0 Å². The van der Waals surface area contributed by atoms with E-state index in [0.717, 1.165) is 25.7 Å². The zero-order valence-electron chi connectivity index (χ0n) is 11.8. The van der Waals surface area contributed by atoms with Crippen LogP contribution in [-0.2, 0) is 6.54 Å². The Bertz CT molecular complexity index is 505. The average molecular weight is 299 g/mol.